The molecule has 0 aliphatic carbocycles. The summed E-state index contributed by atoms with van der Waals surface area (Å²) in [6, 6.07) is 15.9. The van der Waals surface area contributed by atoms with Gasteiger partial charge in [-0.25, -0.2) is 0 Å². The zero-order valence-corrected chi connectivity index (χ0v) is 11.6. The molecule has 2 rings (SSSR count). The Morgan fingerprint density at radius 1 is 1.10 bits per heavy atom. The van der Waals surface area contributed by atoms with Crippen LogP contribution in [0.4, 0.5) is 0 Å². The predicted molar refractivity (Wildman–Crippen MR) is 80.5 cm³/mol. The van der Waals surface area contributed by atoms with E-state index in [4.69, 9.17) is 9.84 Å². The van der Waals surface area contributed by atoms with Crippen molar-refractivity contribution < 1.29 is 9.84 Å². The quantitative estimate of drug-likeness (QED) is 0.860. The van der Waals surface area contributed by atoms with Gasteiger partial charge in [-0.05, 0) is 30.7 Å². The average Bonchev–Trinajstić information content (AvgIpc) is 2.47. The number of hydrogen-bond donors (Lipinski definition) is 1. The van der Waals surface area contributed by atoms with E-state index in [9.17, 15) is 0 Å². The molecule has 0 saturated heterocycles. The first-order chi connectivity index (χ1) is 9.79. The molecular weight excluding hydrogens is 248 g/mol. The molecule has 2 heteroatoms. The van der Waals surface area contributed by atoms with E-state index in [1.807, 2.05) is 55.5 Å². The zero-order valence-electron chi connectivity index (χ0n) is 11.6. The van der Waals surface area contributed by atoms with Gasteiger partial charge in [0.15, 0.2) is 0 Å². The molecule has 0 aliphatic rings. The monoisotopic (exact) mass is 266 g/mol. The third-order valence-electron chi connectivity index (χ3n) is 2.86. The molecule has 1 N–H and O–H groups in total. The molecule has 0 unspecified atom stereocenters. The van der Waals surface area contributed by atoms with Crippen LogP contribution in [-0.4, -0.2) is 11.7 Å². The van der Waals surface area contributed by atoms with Gasteiger partial charge in [0.1, 0.15) is 12.4 Å². The lowest BCUT2D eigenvalue weighted by Crippen LogP contribution is -1.98. The number of aryl methyl sites for hydroxylation is 1. The molecule has 2 aromatic carbocycles. The van der Waals surface area contributed by atoms with Gasteiger partial charge < -0.3 is 9.84 Å². The van der Waals surface area contributed by atoms with Gasteiger partial charge in [0.25, 0.3) is 0 Å². The van der Waals surface area contributed by atoms with Crippen LogP contribution in [0.25, 0.3) is 0 Å². The van der Waals surface area contributed by atoms with E-state index in [1.165, 1.54) is 5.56 Å². The van der Waals surface area contributed by atoms with Crippen LogP contribution >= 0.6 is 0 Å². The normalized spacial score (nSPS) is 9.70. The van der Waals surface area contributed by atoms with E-state index in [2.05, 4.69) is 11.8 Å². The maximum absolute atomic E-state index is 8.76. The summed E-state index contributed by atoms with van der Waals surface area (Å²) in [7, 11) is 0. The number of aliphatic hydroxyl groups is 1. The highest BCUT2D eigenvalue weighted by molar-refractivity contribution is 5.41. The summed E-state index contributed by atoms with van der Waals surface area (Å²) in [5, 5.41) is 8.76. The lowest BCUT2D eigenvalue weighted by molar-refractivity contribution is 0.305. The van der Waals surface area contributed by atoms with Crippen molar-refractivity contribution in [2.75, 3.05) is 6.61 Å². The number of rotatable bonds is 4. The Labute approximate surface area is 120 Å². The van der Waals surface area contributed by atoms with E-state index >= 15 is 0 Å². The van der Waals surface area contributed by atoms with Crippen LogP contribution in [0, 0.1) is 18.8 Å². The van der Waals surface area contributed by atoms with Gasteiger partial charge in [0.2, 0.25) is 0 Å². The number of ether oxygens (including phenoxy) is 1. The van der Waals surface area contributed by atoms with E-state index < -0.39 is 0 Å². The van der Waals surface area contributed by atoms with Crippen molar-refractivity contribution in [3.8, 4) is 17.6 Å². The van der Waals surface area contributed by atoms with Crippen molar-refractivity contribution in [1.29, 1.82) is 0 Å². The second-order valence-electron chi connectivity index (χ2n) is 4.54. The highest BCUT2D eigenvalue weighted by Crippen LogP contribution is 2.16. The van der Waals surface area contributed by atoms with Gasteiger partial charge >= 0.3 is 0 Å². The summed E-state index contributed by atoms with van der Waals surface area (Å²) in [5.41, 5.74) is 3.19. The molecule has 0 radical (unpaired) electrons. The van der Waals surface area contributed by atoms with E-state index in [0.717, 1.165) is 16.9 Å². The van der Waals surface area contributed by atoms with Gasteiger partial charge in [0.05, 0.1) is 6.61 Å². The fraction of sp³-hybridized carbons (Fsp3) is 0.222. The molecule has 0 fully saturated rings. The first-order valence-electron chi connectivity index (χ1n) is 6.66. The summed E-state index contributed by atoms with van der Waals surface area (Å²) in [5.74, 6) is 6.88. The number of aliphatic hydroxyl groups excluding tert-OH is 1. The average molecular weight is 266 g/mol. The van der Waals surface area contributed by atoms with E-state index in [1.54, 1.807) is 0 Å². The topological polar surface area (TPSA) is 29.5 Å². The van der Waals surface area contributed by atoms with Gasteiger partial charge in [-0.3, -0.25) is 0 Å². The van der Waals surface area contributed by atoms with Crippen molar-refractivity contribution in [1.82, 2.24) is 0 Å². The molecule has 0 atom stereocenters. The zero-order chi connectivity index (χ0) is 14.2. The Bertz CT molecular complexity index is 621. The molecule has 2 nitrogen and oxygen atoms in total. The fourth-order valence-electron chi connectivity index (χ4n) is 1.85. The highest BCUT2D eigenvalue weighted by atomic mass is 16.5. The Morgan fingerprint density at radius 3 is 2.75 bits per heavy atom. The van der Waals surface area contributed by atoms with Gasteiger partial charge in [0, 0.05) is 17.5 Å². The largest absolute Gasteiger partial charge is 0.489 e. The SMILES string of the molecule is Cc1cccc(OCc2ccccc2C#CCCO)c1. The highest BCUT2D eigenvalue weighted by Gasteiger charge is 2.00. The molecule has 0 spiro atoms. The van der Waals surface area contributed by atoms with Gasteiger partial charge in [-0.2, -0.15) is 0 Å². The maximum Gasteiger partial charge on any atom is 0.120 e. The number of hydrogen-bond acceptors (Lipinski definition) is 2. The molecule has 0 aromatic heterocycles. The Kier molecular flexibility index (Phi) is 5.23. The van der Waals surface area contributed by atoms with Crippen LogP contribution in [0.1, 0.15) is 23.1 Å². The van der Waals surface area contributed by atoms with E-state index in [-0.39, 0.29) is 6.61 Å². The van der Waals surface area contributed by atoms with Crippen LogP contribution in [0.3, 0.4) is 0 Å². The summed E-state index contributed by atoms with van der Waals surface area (Å²) >= 11 is 0. The standard InChI is InChI=1S/C18H18O2/c1-15-7-6-11-18(13-15)20-14-17-10-3-2-8-16(17)9-4-5-12-19/h2-3,6-8,10-11,13,19H,5,12,14H2,1H3. The van der Waals surface area contributed by atoms with E-state index in [0.29, 0.717) is 13.0 Å². The minimum atomic E-state index is 0.0922. The summed E-state index contributed by atoms with van der Waals surface area (Å²) in [6.45, 7) is 2.63. The van der Waals surface area contributed by atoms with Crippen LogP contribution in [0.5, 0.6) is 5.75 Å². The second-order valence-corrected chi connectivity index (χ2v) is 4.54. The summed E-state index contributed by atoms with van der Waals surface area (Å²) < 4.78 is 5.80. The van der Waals surface area contributed by atoms with Crippen molar-refractivity contribution in [3.63, 3.8) is 0 Å². The molecular formula is C18H18O2. The minimum absolute atomic E-state index is 0.0922. The van der Waals surface area contributed by atoms with Crippen LogP contribution in [0.2, 0.25) is 0 Å². The van der Waals surface area contributed by atoms with Crippen molar-refractivity contribution in [2.45, 2.75) is 20.0 Å². The van der Waals surface area contributed by atoms with Crippen LogP contribution in [-0.2, 0) is 6.61 Å². The third kappa shape index (κ3) is 4.15. The second kappa shape index (κ2) is 7.37. The summed E-state index contributed by atoms with van der Waals surface area (Å²) in [6.07, 6.45) is 0.493. The Balaban J connectivity index is 2.08. The molecule has 0 bridgehead atoms. The van der Waals surface area contributed by atoms with Crippen LogP contribution in [0.15, 0.2) is 48.5 Å². The Hall–Kier alpha value is -2.24. The number of benzene rings is 2. The molecule has 0 aliphatic heterocycles. The molecule has 0 saturated carbocycles. The van der Waals surface area contributed by atoms with Crippen molar-refractivity contribution in [2.24, 2.45) is 0 Å². The van der Waals surface area contributed by atoms with Gasteiger partial charge in [-0.15, -0.1) is 0 Å². The molecule has 20 heavy (non-hydrogen) atoms. The Morgan fingerprint density at radius 2 is 1.95 bits per heavy atom. The molecule has 102 valence electrons. The van der Waals surface area contributed by atoms with Crippen molar-refractivity contribution >= 4 is 0 Å². The fourth-order valence-corrected chi connectivity index (χ4v) is 1.85. The molecule has 2 aromatic rings. The smallest absolute Gasteiger partial charge is 0.120 e. The lowest BCUT2D eigenvalue weighted by atomic mass is 10.1. The minimum Gasteiger partial charge on any atom is -0.489 e. The lowest BCUT2D eigenvalue weighted by Gasteiger charge is -2.08. The van der Waals surface area contributed by atoms with Gasteiger partial charge in [-0.1, -0.05) is 42.2 Å². The maximum atomic E-state index is 8.76. The first kappa shape index (κ1) is 14.2. The third-order valence-corrected chi connectivity index (χ3v) is 2.86. The summed E-state index contributed by atoms with van der Waals surface area (Å²) in [4.78, 5) is 0. The predicted octanol–water partition coefficient (Wildman–Crippen LogP) is 3.31. The van der Waals surface area contributed by atoms with Crippen LogP contribution < -0.4 is 4.74 Å². The molecule has 0 heterocycles. The first-order valence-corrected chi connectivity index (χ1v) is 6.66. The molecule has 0 amide bonds. The van der Waals surface area contributed by atoms with Crippen molar-refractivity contribution in [3.05, 3.63) is 65.2 Å².